The number of amides is 3. The molecule has 41 heavy (non-hydrogen) atoms. The summed E-state index contributed by atoms with van der Waals surface area (Å²) in [5.41, 5.74) is 0.0953. The maximum Gasteiger partial charge on any atom is 0.408 e. The topological polar surface area (TPSA) is 154 Å². The number of phenolic OH excluding ortho intramolecular Hbond substituents is 2. The van der Waals surface area contributed by atoms with E-state index in [1.807, 2.05) is 0 Å². The zero-order valence-corrected chi connectivity index (χ0v) is 23.9. The minimum atomic E-state index is -1.25. The summed E-state index contributed by atoms with van der Waals surface area (Å²) in [4.78, 5) is 53.4. The van der Waals surface area contributed by atoms with Gasteiger partial charge in [0, 0.05) is 19.5 Å². The van der Waals surface area contributed by atoms with E-state index in [9.17, 15) is 29.4 Å². The van der Waals surface area contributed by atoms with Gasteiger partial charge in [-0.25, -0.2) is 4.79 Å². The smallest absolute Gasteiger partial charge is 0.408 e. The molecule has 11 heteroatoms. The summed E-state index contributed by atoms with van der Waals surface area (Å²) in [7, 11) is 0. The molecule has 2 rings (SSSR count). The molecular weight excluding hydrogens is 530 g/mol. The van der Waals surface area contributed by atoms with Crippen molar-refractivity contribution in [1.29, 1.82) is 0 Å². The van der Waals surface area contributed by atoms with Gasteiger partial charge in [-0.05, 0) is 63.1 Å². The molecule has 2 unspecified atom stereocenters. The van der Waals surface area contributed by atoms with E-state index in [-0.39, 0.29) is 44.0 Å². The lowest BCUT2D eigenvalue weighted by Gasteiger charge is -2.34. The van der Waals surface area contributed by atoms with Crippen molar-refractivity contribution in [3.8, 4) is 11.5 Å². The lowest BCUT2D eigenvalue weighted by molar-refractivity contribution is -0.144. The number of nitrogens with one attached hydrogen (secondary N) is 2. The van der Waals surface area contributed by atoms with Crippen LogP contribution in [0.25, 0.3) is 0 Å². The Bertz CT molecular complexity index is 1210. The van der Waals surface area contributed by atoms with Crippen LogP contribution in [-0.4, -0.2) is 70.3 Å². The molecule has 222 valence electrons. The van der Waals surface area contributed by atoms with E-state index in [1.165, 1.54) is 41.3 Å². The van der Waals surface area contributed by atoms with E-state index in [4.69, 9.17) is 9.47 Å². The minimum Gasteiger partial charge on any atom is -0.508 e. The quantitative estimate of drug-likeness (QED) is 0.212. The van der Waals surface area contributed by atoms with E-state index in [2.05, 4.69) is 17.2 Å². The number of hydrogen-bond donors (Lipinski definition) is 4. The highest BCUT2D eigenvalue weighted by atomic mass is 16.6. The van der Waals surface area contributed by atoms with E-state index in [0.29, 0.717) is 11.1 Å². The van der Waals surface area contributed by atoms with Crippen LogP contribution in [0.5, 0.6) is 11.5 Å². The lowest BCUT2D eigenvalue weighted by Crippen LogP contribution is -2.54. The molecular formula is C30H39N3O8. The molecule has 0 aliphatic carbocycles. The van der Waals surface area contributed by atoms with Crippen LogP contribution in [-0.2, 0) is 30.3 Å². The molecule has 3 amide bonds. The van der Waals surface area contributed by atoms with Crippen LogP contribution in [0.4, 0.5) is 4.79 Å². The van der Waals surface area contributed by atoms with Gasteiger partial charge in [0.25, 0.3) is 0 Å². The molecule has 0 spiro atoms. The Morgan fingerprint density at radius 2 is 1.73 bits per heavy atom. The van der Waals surface area contributed by atoms with Crippen molar-refractivity contribution in [1.82, 2.24) is 15.5 Å². The number of aromatic hydroxyl groups is 2. The molecule has 0 aliphatic rings. The van der Waals surface area contributed by atoms with Crippen LogP contribution in [0.1, 0.15) is 51.3 Å². The Balaban J connectivity index is 2.47. The van der Waals surface area contributed by atoms with Crippen LogP contribution in [0.15, 0.2) is 61.2 Å². The Hall–Kier alpha value is -4.54. The average Bonchev–Trinajstić information content (AvgIpc) is 2.88. The predicted molar refractivity (Wildman–Crippen MR) is 152 cm³/mol. The number of carbonyl (C=O) groups is 4. The standard InChI is InChI=1S/C30H39N3O8/c1-6-17-33(26(21-9-8-10-23(35)19-21)27(37)31-16-15-25(36)40-7-2)28(38)24(32-29(39)41-30(3,4)5)18-20-11-13-22(34)14-12-20/h6,8-14,19,24,26,34-35H,1,7,15-18H2,2-5H3,(H,31,37)(H,32,39). The third kappa shape index (κ3) is 10.9. The monoisotopic (exact) mass is 569 g/mol. The molecule has 0 saturated heterocycles. The van der Waals surface area contributed by atoms with E-state index in [0.717, 1.165) is 0 Å². The molecule has 2 aromatic carbocycles. The number of hydrogen-bond acceptors (Lipinski definition) is 8. The molecule has 0 aliphatic heterocycles. The van der Waals surface area contributed by atoms with Crippen molar-refractivity contribution in [3.05, 3.63) is 72.3 Å². The Morgan fingerprint density at radius 1 is 1.05 bits per heavy atom. The second kappa shape index (κ2) is 15.3. The summed E-state index contributed by atoms with van der Waals surface area (Å²) in [5.74, 6) is -1.82. The summed E-state index contributed by atoms with van der Waals surface area (Å²) < 4.78 is 10.3. The average molecular weight is 570 g/mol. The number of alkyl carbamates (subject to hydrolysis) is 1. The second-order valence-electron chi connectivity index (χ2n) is 10.2. The third-order valence-electron chi connectivity index (χ3n) is 5.65. The zero-order valence-electron chi connectivity index (χ0n) is 23.9. The normalized spacial score (nSPS) is 12.4. The van der Waals surface area contributed by atoms with Gasteiger partial charge in [-0.2, -0.15) is 0 Å². The maximum atomic E-state index is 14.1. The fourth-order valence-corrected chi connectivity index (χ4v) is 3.96. The fraction of sp³-hybridized carbons (Fsp3) is 0.400. The first kappa shape index (κ1) is 32.7. The van der Waals surface area contributed by atoms with Crippen molar-refractivity contribution in [3.63, 3.8) is 0 Å². The fourth-order valence-electron chi connectivity index (χ4n) is 3.96. The highest BCUT2D eigenvalue weighted by molar-refractivity contribution is 5.92. The van der Waals surface area contributed by atoms with Crippen LogP contribution < -0.4 is 10.6 Å². The van der Waals surface area contributed by atoms with Gasteiger partial charge in [-0.3, -0.25) is 14.4 Å². The first-order valence-corrected chi connectivity index (χ1v) is 13.3. The number of phenols is 2. The maximum absolute atomic E-state index is 14.1. The molecule has 2 atom stereocenters. The number of rotatable bonds is 13. The van der Waals surface area contributed by atoms with Gasteiger partial charge in [0.05, 0.1) is 13.0 Å². The number of carbonyl (C=O) groups excluding carboxylic acids is 4. The number of benzene rings is 2. The SMILES string of the molecule is C=CCN(C(=O)C(Cc1ccc(O)cc1)NC(=O)OC(C)(C)C)C(C(=O)NCCC(=O)OCC)c1cccc(O)c1. The summed E-state index contributed by atoms with van der Waals surface area (Å²) in [6, 6.07) is 9.60. The van der Waals surface area contributed by atoms with Gasteiger partial charge in [0.1, 0.15) is 29.2 Å². The van der Waals surface area contributed by atoms with Crippen LogP contribution >= 0.6 is 0 Å². The molecule has 0 saturated carbocycles. The van der Waals surface area contributed by atoms with Gasteiger partial charge in [0.2, 0.25) is 11.8 Å². The van der Waals surface area contributed by atoms with Gasteiger partial charge >= 0.3 is 12.1 Å². The van der Waals surface area contributed by atoms with Crippen molar-refractivity contribution < 1.29 is 38.9 Å². The number of esters is 1. The van der Waals surface area contributed by atoms with Crippen molar-refractivity contribution in [2.24, 2.45) is 0 Å². The molecule has 11 nitrogen and oxygen atoms in total. The van der Waals surface area contributed by atoms with E-state index >= 15 is 0 Å². The Kier molecular flexibility index (Phi) is 12.2. The van der Waals surface area contributed by atoms with Gasteiger partial charge in [0.15, 0.2) is 0 Å². The summed E-state index contributed by atoms with van der Waals surface area (Å²) in [6.45, 7) is 10.5. The first-order chi connectivity index (χ1) is 19.3. The number of ether oxygens (including phenoxy) is 2. The van der Waals surface area contributed by atoms with Gasteiger partial charge in [-0.1, -0.05) is 30.3 Å². The van der Waals surface area contributed by atoms with Gasteiger partial charge in [-0.15, -0.1) is 6.58 Å². The van der Waals surface area contributed by atoms with Crippen LogP contribution in [0.2, 0.25) is 0 Å². The molecule has 0 aromatic heterocycles. The van der Waals surface area contributed by atoms with Gasteiger partial charge < -0.3 is 35.2 Å². The molecule has 4 N–H and O–H groups in total. The summed E-state index contributed by atoms with van der Waals surface area (Å²) >= 11 is 0. The Morgan fingerprint density at radius 3 is 2.32 bits per heavy atom. The predicted octanol–water partition coefficient (Wildman–Crippen LogP) is 3.36. The van der Waals surface area contributed by atoms with E-state index in [1.54, 1.807) is 45.9 Å². The minimum absolute atomic E-state index is 0.0171. The largest absolute Gasteiger partial charge is 0.508 e. The zero-order chi connectivity index (χ0) is 30.6. The molecule has 0 fully saturated rings. The number of nitrogens with zero attached hydrogens (tertiary/aromatic N) is 1. The highest BCUT2D eigenvalue weighted by Gasteiger charge is 2.36. The molecule has 0 radical (unpaired) electrons. The van der Waals surface area contributed by atoms with Crippen molar-refractivity contribution in [2.75, 3.05) is 19.7 Å². The van der Waals surface area contributed by atoms with Crippen LogP contribution in [0, 0.1) is 0 Å². The summed E-state index contributed by atoms with van der Waals surface area (Å²) in [5, 5.41) is 25.1. The summed E-state index contributed by atoms with van der Waals surface area (Å²) in [6.07, 6.45) is 0.542. The van der Waals surface area contributed by atoms with Crippen LogP contribution in [0.3, 0.4) is 0 Å². The van der Waals surface area contributed by atoms with Crippen molar-refractivity contribution >= 4 is 23.9 Å². The Labute approximate surface area is 240 Å². The van der Waals surface area contributed by atoms with E-state index < -0.39 is 41.6 Å². The third-order valence-corrected chi connectivity index (χ3v) is 5.65. The first-order valence-electron chi connectivity index (χ1n) is 13.3. The molecule has 2 aromatic rings. The lowest BCUT2D eigenvalue weighted by atomic mass is 10.00. The van der Waals surface area contributed by atoms with Crippen molar-refractivity contribution in [2.45, 2.75) is 58.2 Å². The molecule has 0 heterocycles. The second-order valence-corrected chi connectivity index (χ2v) is 10.2. The molecule has 0 bridgehead atoms. The highest BCUT2D eigenvalue weighted by Crippen LogP contribution is 2.26.